The predicted molar refractivity (Wildman–Crippen MR) is 144 cm³/mol. The van der Waals surface area contributed by atoms with Gasteiger partial charge in [-0.05, 0) is 88.1 Å². The molecule has 0 bridgehead atoms. The van der Waals surface area contributed by atoms with Crippen LogP contribution in [0.5, 0.6) is 0 Å². The van der Waals surface area contributed by atoms with Crippen molar-refractivity contribution in [3.63, 3.8) is 0 Å². The normalized spacial score (nSPS) is 12.9. The van der Waals surface area contributed by atoms with E-state index in [4.69, 9.17) is 9.47 Å². The first-order valence-corrected chi connectivity index (χ1v) is 13.5. The van der Waals surface area contributed by atoms with Gasteiger partial charge in [-0.15, -0.1) is 0 Å². The zero-order chi connectivity index (χ0) is 26.2. The fraction of sp³-hybridized carbons (Fsp3) is 0.533. The van der Waals surface area contributed by atoms with E-state index in [1.165, 1.54) is 38.5 Å². The van der Waals surface area contributed by atoms with Crippen LogP contribution in [0.1, 0.15) is 113 Å². The molecule has 196 valence electrons. The molecular formula is C30H42N2O4. The fourth-order valence-electron chi connectivity index (χ4n) is 3.78. The van der Waals surface area contributed by atoms with Gasteiger partial charge in [0.2, 0.25) is 0 Å². The number of ether oxygens (including phenoxy) is 2. The second-order valence-electron chi connectivity index (χ2n) is 9.42. The number of unbranched alkanes of at least 4 members (excludes halogenated alkanes) is 6. The molecule has 0 unspecified atom stereocenters. The molecular weight excluding hydrogens is 452 g/mol. The Hall–Kier alpha value is -3.02. The molecule has 0 aliphatic carbocycles. The highest BCUT2D eigenvalue weighted by atomic mass is 16.5. The molecule has 2 aromatic rings. The average molecular weight is 495 g/mol. The Kier molecular flexibility index (Phi) is 13.5. The quantitative estimate of drug-likeness (QED) is 0.132. The Labute approximate surface area is 216 Å². The molecule has 36 heavy (non-hydrogen) atoms. The maximum Gasteiger partial charge on any atom is 0.338 e. The third-order valence-electron chi connectivity index (χ3n) is 6.03. The van der Waals surface area contributed by atoms with Crippen molar-refractivity contribution in [2.24, 2.45) is 10.2 Å². The Bertz CT molecular complexity index is 861. The van der Waals surface area contributed by atoms with Gasteiger partial charge in [0.05, 0.1) is 34.7 Å². The number of azo groups is 1. The van der Waals surface area contributed by atoms with Crippen LogP contribution in [0.4, 0.5) is 11.4 Å². The van der Waals surface area contributed by atoms with Gasteiger partial charge in [0.15, 0.2) is 0 Å². The van der Waals surface area contributed by atoms with Gasteiger partial charge >= 0.3 is 11.9 Å². The molecule has 2 atom stereocenters. The molecule has 0 saturated heterocycles. The molecule has 0 fully saturated rings. The zero-order valence-electron chi connectivity index (χ0n) is 22.4. The summed E-state index contributed by atoms with van der Waals surface area (Å²) in [6.07, 6.45) is 10.9. The lowest BCUT2D eigenvalue weighted by Gasteiger charge is -2.13. The molecule has 6 heteroatoms. The lowest BCUT2D eigenvalue weighted by Crippen LogP contribution is -2.14. The van der Waals surface area contributed by atoms with Crippen molar-refractivity contribution in [3.8, 4) is 0 Å². The Morgan fingerprint density at radius 1 is 0.611 bits per heavy atom. The van der Waals surface area contributed by atoms with Crippen LogP contribution in [-0.4, -0.2) is 24.1 Å². The van der Waals surface area contributed by atoms with Crippen LogP contribution < -0.4 is 0 Å². The van der Waals surface area contributed by atoms with Gasteiger partial charge in [0.25, 0.3) is 0 Å². The number of carbonyl (C=O) groups is 2. The van der Waals surface area contributed by atoms with E-state index in [9.17, 15) is 9.59 Å². The first-order chi connectivity index (χ1) is 17.4. The van der Waals surface area contributed by atoms with Gasteiger partial charge in [0, 0.05) is 0 Å². The molecule has 0 spiro atoms. The lowest BCUT2D eigenvalue weighted by atomic mass is 10.1. The molecule has 2 rings (SSSR count). The van der Waals surface area contributed by atoms with Crippen molar-refractivity contribution in [2.75, 3.05) is 0 Å². The van der Waals surface area contributed by atoms with E-state index in [1.807, 2.05) is 13.8 Å². The molecule has 0 aliphatic rings. The molecule has 0 radical (unpaired) electrons. The summed E-state index contributed by atoms with van der Waals surface area (Å²) in [5.41, 5.74) is 2.24. The summed E-state index contributed by atoms with van der Waals surface area (Å²) in [7, 11) is 0. The molecule has 6 nitrogen and oxygen atoms in total. The smallest absolute Gasteiger partial charge is 0.338 e. The molecule has 0 saturated carbocycles. The van der Waals surface area contributed by atoms with E-state index in [0.29, 0.717) is 22.5 Å². The SMILES string of the molecule is CCCCCC[C@H](C)OC(=O)c1ccc(N=Nc2ccc(C(=O)O[C@@H](C)CCCCCC)cc2)cc1. The minimum absolute atomic E-state index is 0.0945. The number of nitrogens with zero attached hydrogens (tertiary/aromatic N) is 2. The number of hydrogen-bond donors (Lipinski definition) is 0. The van der Waals surface area contributed by atoms with E-state index in [0.717, 1.165) is 25.7 Å². The Balaban J connectivity index is 1.82. The highest BCUT2D eigenvalue weighted by molar-refractivity contribution is 5.90. The predicted octanol–water partition coefficient (Wildman–Crippen LogP) is 9.13. The molecule has 0 N–H and O–H groups in total. The van der Waals surface area contributed by atoms with Crippen molar-refractivity contribution in [1.29, 1.82) is 0 Å². The van der Waals surface area contributed by atoms with Gasteiger partial charge in [-0.3, -0.25) is 0 Å². The summed E-state index contributed by atoms with van der Waals surface area (Å²) in [6, 6.07) is 13.7. The van der Waals surface area contributed by atoms with Crippen LogP contribution in [0.3, 0.4) is 0 Å². The van der Waals surface area contributed by atoms with Crippen LogP contribution in [0.15, 0.2) is 58.8 Å². The van der Waals surface area contributed by atoms with Crippen molar-refractivity contribution in [1.82, 2.24) is 0 Å². The number of carbonyl (C=O) groups excluding carboxylic acids is 2. The summed E-state index contributed by atoms with van der Waals surface area (Å²) in [6.45, 7) is 8.23. The third-order valence-corrected chi connectivity index (χ3v) is 6.03. The monoisotopic (exact) mass is 494 g/mol. The molecule has 2 aromatic carbocycles. The first-order valence-electron chi connectivity index (χ1n) is 13.5. The number of benzene rings is 2. The number of esters is 2. The van der Waals surface area contributed by atoms with Gasteiger partial charge in [-0.2, -0.15) is 10.2 Å². The van der Waals surface area contributed by atoms with E-state index in [2.05, 4.69) is 24.1 Å². The second-order valence-corrected chi connectivity index (χ2v) is 9.42. The van der Waals surface area contributed by atoms with Crippen molar-refractivity contribution >= 4 is 23.3 Å². The molecule has 0 aliphatic heterocycles. The fourth-order valence-corrected chi connectivity index (χ4v) is 3.78. The maximum absolute atomic E-state index is 12.4. The summed E-state index contributed by atoms with van der Waals surface area (Å²) in [5.74, 6) is -0.640. The van der Waals surface area contributed by atoms with E-state index in [1.54, 1.807) is 48.5 Å². The first kappa shape index (κ1) is 29.2. The van der Waals surface area contributed by atoms with Crippen molar-refractivity contribution in [2.45, 2.75) is 104 Å². The van der Waals surface area contributed by atoms with Gasteiger partial charge in [-0.1, -0.05) is 52.4 Å². The number of rotatable bonds is 16. The van der Waals surface area contributed by atoms with E-state index < -0.39 is 0 Å². The zero-order valence-corrected chi connectivity index (χ0v) is 22.4. The average Bonchev–Trinajstić information content (AvgIpc) is 2.88. The summed E-state index contributed by atoms with van der Waals surface area (Å²) in [5, 5.41) is 8.45. The lowest BCUT2D eigenvalue weighted by molar-refractivity contribution is 0.0309. The highest BCUT2D eigenvalue weighted by Gasteiger charge is 2.13. The van der Waals surface area contributed by atoms with Crippen molar-refractivity contribution < 1.29 is 19.1 Å². The standard InChI is InChI=1S/C30H42N2O4/c1-5-7-9-11-13-23(3)35-29(33)25-15-19-27(20-16-25)31-32-28-21-17-26(18-22-28)30(34)36-24(4)14-12-10-8-6-2/h15-24H,5-14H2,1-4H3/t23-,24-/m0/s1. The Morgan fingerprint density at radius 2 is 0.972 bits per heavy atom. The summed E-state index contributed by atoms with van der Waals surface area (Å²) >= 11 is 0. The molecule has 0 aromatic heterocycles. The van der Waals surface area contributed by atoms with E-state index in [-0.39, 0.29) is 24.1 Å². The third kappa shape index (κ3) is 11.1. The van der Waals surface area contributed by atoms with Crippen LogP contribution in [0.2, 0.25) is 0 Å². The number of hydrogen-bond acceptors (Lipinski definition) is 6. The van der Waals surface area contributed by atoms with Crippen molar-refractivity contribution in [3.05, 3.63) is 59.7 Å². The van der Waals surface area contributed by atoms with Gasteiger partial charge < -0.3 is 9.47 Å². The maximum atomic E-state index is 12.4. The summed E-state index contributed by atoms with van der Waals surface area (Å²) < 4.78 is 11.1. The molecule has 0 heterocycles. The van der Waals surface area contributed by atoms with Gasteiger partial charge in [0.1, 0.15) is 0 Å². The van der Waals surface area contributed by atoms with Crippen LogP contribution in [0.25, 0.3) is 0 Å². The Morgan fingerprint density at radius 3 is 1.31 bits per heavy atom. The van der Waals surface area contributed by atoms with Crippen LogP contribution in [-0.2, 0) is 9.47 Å². The second kappa shape index (κ2) is 16.6. The topological polar surface area (TPSA) is 77.3 Å². The van der Waals surface area contributed by atoms with Gasteiger partial charge in [-0.25, -0.2) is 9.59 Å². The van der Waals surface area contributed by atoms with Crippen LogP contribution >= 0.6 is 0 Å². The minimum Gasteiger partial charge on any atom is -0.459 e. The largest absolute Gasteiger partial charge is 0.459 e. The summed E-state index contributed by atoms with van der Waals surface area (Å²) in [4.78, 5) is 24.7. The minimum atomic E-state index is -0.320. The van der Waals surface area contributed by atoms with E-state index >= 15 is 0 Å². The van der Waals surface area contributed by atoms with Crippen LogP contribution in [0, 0.1) is 0 Å². The highest BCUT2D eigenvalue weighted by Crippen LogP contribution is 2.21. The molecule has 0 amide bonds.